The second-order valence-corrected chi connectivity index (χ2v) is 8.98. The van der Waals surface area contributed by atoms with Crippen molar-refractivity contribution in [2.24, 2.45) is 11.7 Å². The van der Waals surface area contributed by atoms with Gasteiger partial charge in [-0.1, -0.05) is 128 Å². The van der Waals surface area contributed by atoms with Crippen LogP contribution < -0.4 is 11.1 Å². The average molecular weight is 577 g/mol. The molecule has 0 bridgehead atoms. The molecule has 0 aromatic heterocycles. The van der Waals surface area contributed by atoms with Gasteiger partial charge in [-0.25, -0.2) is 0 Å². The molecule has 0 spiro atoms. The number of allylic oxidation sites excluding steroid dienone is 2. The first-order chi connectivity index (χ1) is 19.7. The van der Waals surface area contributed by atoms with E-state index in [1.54, 1.807) is 6.08 Å². The molecule has 1 aliphatic rings. The zero-order chi connectivity index (χ0) is 33.1. The zero-order valence-corrected chi connectivity index (χ0v) is 29.1. The second kappa shape index (κ2) is 39.7. The van der Waals surface area contributed by atoms with E-state index >= 15 is 0 Å². The summed E-state index contributed by atoms with van der Waals surface area (Å²) in [6, 6.07) is 17.3. The van der Waals surface area contributed by atoms with Crippen molar-refractivity contribution in [3.05, 3.63) is 84.7 Å². The topological polar surface area (TPSA) is 80.0 Å². The van der Waals surface area contributed by atoms with Gasteiger partial charge in [0.25, 0.3) is 0 Å². The maximum absolute atomic E-state index is 7.00. The molecule has 2 aromatic carbocycles. The molecule has 5 heteroatoms. The molecule has 1 aliphatic heterocycles. The summed E-state index contributed by atoms with van der Waals surface area (Å²) < 4.78 is 9.94. The SMILES string of the molecule is C=C(C)OCC1CO1.C=CC.CC.CCC.CCC(C)C.CN.CNCc1ccc(-c2ccc(C)cc2)cc1.CO. The van der Waals surface area contributed by atoms with Crippen molar-refractivity contribution < 1.29 is 14.6 Å². The molecule has 240 valence electrons. The van der Waals surface area contributed by atoms with Crippen molar-refractivity contribution in [2.45, 2.75) is 94.7 Å². The molecular weight excluding hydrogens is 508 g/mol. The molecule has 2 aromatic rings. The minimum absolute atomic E-state index is 0.353. The van der Waals surface area contributed by atoms with E-state index in [9.17, 15) is 0 Å². The van der Waals surface area contributed by atoms with Crippen LogP contribution in [0.5, 0.6) is 0 Å². The second-order valence-electron chi connectivity index (χ2n) is 8.98. The Labute approximate surface area is 256 Å². The smallest absolute Gasteiger partial charge is 0.116 e. The largest absolute Gasteiger partial charge is 0.496 e. The summed E-state index contributed by atoms with van der Waals surface area (Å²) in [6.07, 6.45) is 4.66. The predicted octanol–water partition coefficient (Wildman–Crippen LogP) is 9.19. The number of ether oxygens (including phenoxy) is 2. The van der Waals surface area contributed by atoms with Crippen LogP contribution in [0.25, 0.3) is 11.1 Å². The Kier molecular flexibility index (Phi) is 46.8. The fraction of sp³-hybridized carbons (Fsp3) is 0.556. The van der Waals surface area contributed by atoms with E-state index in [4.69, 9.17) is 14.6 Å². The molecule has 5 nitrogen and oxygen atoms in total. The molecule has 1 heterocycles. The number of hydrogen-bond donors (Lipinski definition) is 3. The Morgan fingerprint density at radius 2 is 1.37 bits per heavy atom. The van der Waals surface area contributed by atoms with Crippen LogP contribution in [0.4, 0.5) is 0 Å². The molecule has 1 saturated heterocycles. The first-order valence-electron chi connectivity index (χ1n) is 15.0. The standard InChI is InChI=1S/C15H17N.C6H10O2.C5H12.C3H8.C3H6.C2H6.CH5N.CH4O/c1-12-3-7-14(8-4-12)15-9-5-13(6-10-15)11-16-2;1-5(2)7-3-6-4-8-6;1-4-5(2)3;2*1-3-2;3*1-2/h3-10,16H,11H2,1-2H3;6H,1,3-4H2,2H3;5H,4H2,1-3H3;3H2,1-2H3;3H,1H2,2H3;1-2H3;2H2,1H3;2H,1H3. The summed E-state index contributed by atoms with van der Waals surface area (Å²) in [5, 5.41) is 10.2. The van der Waals surface area contributed by atoms with Crippen LogP contribution in [0.3, 0.4) is 0 Å². The Balaban J connectivity index is -0.000000146. The summed E-state index contributed by atoms with van der Waals surface area (Å²) in [5.41, 5.74) is 9.68. The van der Waals surface area contributed by atoms with E-state index in [1.165, 1.54) is 42.1 Å². The van der Waals surface area contributed by atoms with Gasteiger partial charge in [-0.3, -0.25) is 0 Å². The third-order valence-electron chi connectivity index (χ3n) is 4.45. The average Bonchev–Trinajstić information content (AvgIpc) is 3.83. The van der Waals surface area contributed by atoms with Crippen LogP contribution in [0.2, 0.25) is 0 Å². The van der Waals surface area contributed by atoms with Crippen LogP contribution in [-0.2, 0) is 16.0 Å². The third kappa shape index (κ3) is 39.8. The number of rotatable bonds is 7. The van der Waals surface area contributed by atoms with Gasteiger partial charge in [0, 0.05) is 13.7 Å². The molecule has 4 N–H and O–H groups in total. The van der Waals surface area contributed by atoms with Gasteiger partial charge in [-0.15, -0.1) is 6.58 Å². The Morgan fingerprint density at radius 3 is 1.63 bits per heavy atom. The van der Waals surface area contributed by atoms with E-state index in [1.807, 2.05) is 34.7 Å². The van der Waals surface area contributed by atoms with Crippen LogP contribution in [0, 0.1) is 12.8 Å². The van der Waals surface area contributed by atoms with Crippen LogP contribution >= 0.6 is 0 Å². The lowest BCUT2D eigenvalue weighted by Crippen LogP contribution is -2.04. The number of aliphatic hydroxyl groups excluding tert-OH is 1. The minimum Gasteiger partial charge on any atom is -0.496 e. The van der Waals surface area contributed by atoms with Gasteiger partial charge in [0.05, 0.1) is 12.4 Å². The summed E-state index contributed by atoms with van der Waals surface area (Å²) in [5.74, 6) is 1.65. The van der Waals surface area contributed by atoms with E-state index in [0.717, 1.165) is 31.9 Å². The number of hydrogen-bond acceptors (Lipinski definition) is 5. The number of nitrogens with two attached hydrogens (primary N) is 1. The summed E-state index contributed by atoms with van der Waals surface area (Å²) in [7, 11) is 4.47. The van der Waals surface area contributed by atoms with Gasteiger partial charge in [0.2, 0.25) is 0 Å². The lowest BCUT2D eigenvalue weighted by atomic mass is 10.0. The van der Waals surface area contributed by atoms with Gasteiger partial charge in [0.15, 0.2) is 0 Å². The van der Waals surface area contributed by atoms with Crippen LogP contribution in [0.15, 0.2) is 73.5 Å². The van der Waals surface area contributed by atoms with Crippen molar-refractivity contribution in [1.82, 2.24) is 5.32 Å². The number of aliphatic hydroxyl groups is 1. The lowest BCUT2D eigenvalue weighted by Gasteiger charge is -2.04. The van der Waals surface area contributed by atoms with E-state index in [-0.39, 0.29) is 0 Å². The van der Waals surface area contributed by atoms with Crippen molar-refractivity contribution in [2.75, 3.05) is 34.4 Å². The van der Waals surface area contributed by atoms with Crippen molar-refractivity contribution in [3.8, 4) is 11.1 Å². The highest BCUT2D eigenvalue weighted by Gasteiger charge is 2.22. The van der Waals surface area contributed by atoms with Gasteiger partial charge >= 0.3 is 0 Å². The fourth-order valence-corrected chi connectivity index (χ4v) is 2.16. The molecule has 0 amide bonds. The third-order valence-corrected chi connectivity index (χ3v) is 4.45. The van der Waals surface area contributed by atoms with E-state index < -0.39 is 0 Å². The number of benzene rings is 2. The Morgan fingerprint density at radius 1 is 1.02 bits per heavy atom. The molecule has 1 atom stereocenters. The van der Waals surface area contributed by atoms with Crippen molar-refractivity contribution >= 4 is 0 Å². The summed E-state index contributed by atoms with van der Waals surface area (Å²) in [4.78, 5) is 0. The molecule has 41 heavy (non-hydrogen) atoms. The first kappa shape index (κ1) is 48.3. The van der Waals surface area contributed by atoms with Gasteiger partial charge in [-0.05, 0) is 57.5 Å². The highest BCUT2D eigenvalue weighted by atomic mass is 16.6. The molecule has 3 rings (SSSR count). The van der Waals surface area contributed by atoms with Crippen LogP contribution in [0.1, 0.15) is 86.3 Å². The highest BCUT2D eigenvalue weighted by Crippen LogP contribution is 2.20. The van der Waals surface area contributed by atoms with Crippen molar-refractivity contribution in [3.63, 3.8) is 0 Å². The molecule has 1 fully saturated rings. The van der Waals surface area contributed by atoms with Gasteiger partial charge in [0.1, 0.15) is 12.7 Å². The number of epoxide rings is 1. The lowest BCUT2D eigenvalue weighted by molar-refractivity contribution is 0.186. The summed E-state index contributed by atoms with van der Waals surface area (Å²) in [6.45, 7) is 30.1. The minimum atomic E-state index is 0.353. The Hall–Kier alpha value is -2.44. The quantitative estimate of drug-likeness (QED) is 0.174. The van der Waals surface area contributed by atoms with E-state index in [2.05, 4.69) is 114 Å². The molecule has 1 unspecified atom stereocenters. The molecule has 0 aliphatic carbocycles. The van der Waals surface area contributed by atoms with E-state index in [0.29, 0.717) is 12.7 Å². The maximum atomic E-state index is 7.00. The number of nitrogens with one attached hydrogen (secondary N) is 1. The first-order valence-corrected chi connectivity index (χ1v) is 15.0. The van der Waals surface area contributed by atoms with Gasteiger partial charge < -0.3 is 25.6 Å². The molecular formula is C36H68N2O3. The number of aryl methyl sites for hydroxylation is 1. The molecule has 0 radical (unpaired) electrons. The fourth-order valence-electron chi connectivity index (χ4n) is 2.16. The normalized spacial score (nSPS) is 11.3. The maximum Gasteiger partial charge on any atom is 0.116 e. The van der Waals surface area contributed by atoms with Crippen LogP contribution in [-0.4, -0.2) is 45.6 Å². The predicted molar refractivity (Wildman–Crippen MR) is 186 cm³/mol. The molecule has 0 saturated carbocycles. The zero-order valence-electron chi connectivity index (χ0n) is 29.1. The highest BCUT2D eigenvalue weighted by molar-refractivity contribution is 5.63. The monoisotopic (exact) mass is 577 g/mol. The van der Waals surface area contributed by atoms with Gasteiger partial charge in [-0.2, -0.15) is 0 Å². The van der Waals surface area contributed by atoms with Crippen molar-refractivity contribution in [1.29, 1.82) is 0 Å². The summed E-state index contributed by atoms with van der Waals surface area (Å²) >= 11 is 0. The Bertz CT molecular complexity index is 753.